The van der Waals surface area contributed by atoms with Gasteiger partial charge in [0.05, 0.1) is 17.3 Å². The molecule has 0 radical (unpaired) electrons. The maximum absolute atomic E-state index is 12.1. The monoisotopic (exact) mass is 492 g/mol. The van der Waals surface area contributed by atoms with Crippen LogP contribution in [0.1, 0.15) is 5.56 Å². The van der Waals surface area contributed by atoms with Crippen molar-refractivity contribution in [2.75, 3.05) is 12.4 Å². The van der Waals surface area contributed by atoms with E-state index in [0.717, 1.165) is 31.5 Å². The number of hydrogen-bond acceptors (Lipinski definition) is 4. The molecule has 0 aliphatic heterocycles. The number of carbonyl (C=O) groups excluding carboxylic acids is 1. The van der Waals surface area contributed by atoms with E-state index in [0.29, 0.717) is 5.13 Å². The molecule has 0 atom stereocenters. The predicted octanol–water partition coefficient (Wildman–Crippen LogP) is 6.00. The fourth-order valence-corrected chi connectivity index (χ4v) is 3.73. The Morgan fingerprint density at radius 3 is 2.65 bits per heavy atom. The average molecular weight is 494 g/mol. The molecule has 0 saturated carbocycles. The quantitative estimate of drug-likeness (QED) is 0.443. The van der Waals surface area contributed by atoms with Gasteiger partial charge in [0.25, 0.3) is 0 Å². The molecule has 0 spiro atoms. The molecule has 3 rings (SSSR count). The van der Waals surface area contributed by atoms with Crippen LogP contribution >= 0.6 is 43.2 Å². The lowest BCUT2D eigenvalue weighted by atomic mass is 10.2. The summed E-state index contributed by atoms with van der Waals surface area (Å²) in [5.41, 5.74) is 2.73. The second-order valence-corrected chi connectivity index (χ2v) is 7.89. The summed E-state index contributed by atoms with van der Waals surface area (Å²) in [7, 11) is 1.61. The zero-order chi connectivity index (χ0) is 18.5. The minimum absolute atomic E-state index is 0.228. The number of nitrogens with zero attached hydrogens (tertiary/aromatic N) is 1. The van der Waals surface area contributed by atoms with Crippen molar-refractivity contribution in [3.05, 3.63) is 68.4 Å². The van der Waals surface area contributed by atoms with Gasteiger partial charge in [-0.2, -0.15) is 0 Å². The zero-order valence-electron chi connectivity index (χ0n) is 13.7. The predicted molar refractivity (Wildman–Crippen MR) is 114 cm³/mol. The van der Waals surface area contributed by atoms with Crippen molar-refractivity contribution in [1.29, 1.82) is 0 Å². The van der Waals surface area contributed by atoms with E-state index in [2.05, 4.69) is 42.2 Å². The molecular weight excluding hydrogens is 480 g/mol. The number of rotatable bonds is 5. The molecule has 2 aromatic carbocycles. The topological polar surface area (TPSA) is 51.2 Å². The first-order valence-corrected chi connectivity index (χ1v) is 10.1. The molecule has 3 aromatic rings. The van der Waals surface area contributed by atoms with E-state index in [1.165, 1.54) is 17.4 Å². The highest BCUT2D eigenvalue weighted by Crippen LogP contribution is 2.27. The first kappa shape index (κ1) is 18.8. The van der Waals surface area contributed by atoms with E-state index in [1.807, 2.05) is 47.8 Å². The Morgan fingerprint density at radius 2 is 1.96 bits per heavy atom. The molecule has 7 heteroatoms. The van der Waals surface area contributed by atoms with Gasteiger partial charge in [-0.3, -0.25) is 10.1 Å². The molecule has 0 fully saturated rings. The normalized spacial score (nSPS) is 10.9. The van der Waals surface area contributed by atoms with Crippen LogP contribution in [-0.4, -0.2) is 18.0 Å². The lowest BCUT2D eigenvalue weighted by Crippen LogP contribution is -2.07. The fraction of sp³-hybridized carbons (Fsp3) is 0.0526. The van der Waals surface area contributed by atoms with Crippen LogP contribution in [0.5, 0.6) is 5.75 Å². The van der Waals surface area contributed by atoms with E-state index in [-0.39, 0.29) is 5.91 Å². The Kier molecular flexibility index (Phi) is 6.24. The summed E-state index contributed by atoms with van der Waals surface area (Å²) in [6, 6.07) is 13.5. The number of nitrogens with one attached hydrogen (secondary N) is 1. The van der Waals surface area contributed by atoms with Gasteiger partial charge in [0, 0.05) is 21.5 Å². The van der Waals surface area contributed by atoms with Crippen LogP contribution in [0.25, 0.3) is 17.3 Å². The van der Waals surface area contributed by atoms with Crippen molar-refractivity contribution < 1.29 is 9.53 Å². The van der Waals surface area contributed by atoms with Crippen LogP contribution in [0.3, 0.4) is 0 Å². The van der Waals surface area contributed by atoms with Crippen molar-refractivity contribution in [1.82, 2.24) is 4.98 Å². The maximum atomic E-state index is 12.1. The van der Waals surface area contributed by atoms with E-state index < -0.39 is 0 Å². The highest BCUT2D eigenvalue weighted by Gasteiger charge is 2.07. The lowest BCUT2D eigenvalue weighted by Gasteiger charge is -2.03. The van der Waals surface area contributed by atoms with Gasteiger partial charge in [0.2, 0.25) is 5.91 Å². The average Bonchev–Trinajstić information content (AvgIpc) is 3.09. The van der Waals surface area contributed by atoms with E-state index >= 15 is 0 Å². The standard InChI is InChI=1S/C19H14Br2N2O2S/c1-25-17-8-2-12(10-15(17)21)3-9-18(24)23-19-22-16(11-26-19)13-4-6-14(20)7-5-13/h2-11H,1H3,(H,22,23,24). The number of anilines is 1. The number of halogens is 2. The molecule has 0 bridgehead atoms. The maximum Gasteiger partial charge on any atom is 0.250 e. The summed E-state index contributed by atoms with van der Waals surface area (Å²) in [4.78, 5) is 16.6. The number of hydrogen-bond donors (Lipinski definition) is 1. The Bertz CT molecular complexity index is 952. The number of aromatic nitrogens is 1. The highest BCUT2D eigenvalue weighted by molar-refractivity contribution is 9.10. The van der Waals surface area contributed by atoms with Crippen LogP contribution in [0.15, 0.2) is 62.9 Å². The first-order chi connectivity index (χ1) is 12.5. The highest BCUT2D eigenvalue weighted by atomic mass is 79.9. The SMILES string of the molecule is COc1ccc(C=CC(=O)Nc2nc(-c3ccc(Br)cc3)cs2)cc1Br. The van der Waals surface area contributed by atoms with Crippen LogP contribution in [0.2, 0.25) is 0 Å². The number of ether oxygens (including phenoxy) is 1. The molecule has 1 aromatic heterocycles. The minimum atomic E-state index is -0.228. The molecule has 132 valence electrons. The molecule has 0 saturated heterocycles. The number of amides is 1. The Hall–Kier alpha value is -1.96. The summed E-state index contributed by atoms with van der Waals surface area (Å²) in [6.45, 7) is 0. The molecule has 1 N–H and O–H groups in total. The summed E-state index contributed by atoms with van der Waals surface area (Å²) in [5, 5.41) is 5.27. The molecule has 4 nitrogen and oxygen atoms in total. The van der Waals surface area contributed by atoms with Crippen molar-refractivity contribution in [2.24, 2.45) is 0 Å². The van der Waals surface area contributed by atoms with Gasteiger partial charge in [-0.05, 0) is 51.8 Å². The molecule has 26 heavy (non-hydrogen) atoms. The summed E-state index contributed by atoms with van der Waals surface area (Å²) in [6.07, 6.45) is 3.22. The number of benzene rings is 2. The summed E-state index contributed by atoms with van der Waals surface area (Å²) >= 11 is 8.23. The van der Waals surface area contributed by atoms with E-state index in [9.17, 15) is 4.79 Å². The van der Waals surface area contributed by atoms with E-state index in [4.69, 9.17) is 4.74 Å². The van der Waals surface area contributed by atoms with E-state index in [1.54, 1.807) is 13.2 Å². The van der Waals surface area contributed by atoms with Crippen molar-refractivity contribution in [2.45, 2.75) is 0 Å². The Morgan fingerprint density at radius 1 is 1.19 bits per heavy atom. The zero-order valence-corrected chi connectivity index (χ0v) is 17.7. The second-order valence-electron chi connectivity index (χ2n) is 5.26. The van der Waals surface area contributed by atoms with Gasteiger partial charge in [0.15, 0.2) is 5.13 Å². The van der Waals surface area contributed by atoms with Crippen LogP contribution in [-0.2, 0) is 4.79 Å². The minimum Gasteiger partial charge on any atom is -0.496 e. The lowest BCUT2D eigenvalue weighted by molar-refractivity contribution is -0.111. The third-order valence-corrected chi connectivity index (χ3v) is 5.38. The third-order valence-electron chi connectivity index (χ3n) is 3.48. The number of thiazole rings is 1. The molecule has 0 aliphatic rings. The molecular formula is C19H14Br2N2O2S. The first-order valence-electron chi connectivity index (χ1n) is 7.59. The Balaban J connectivity index is 1.65. The Labute approximate surface area is 172 Å². The smallest absolute Gasteiger partial charge is 0.250 e. The van der Waals surface area contributed by atoms with Gasteiger partial charge in [0.1, 0.15) is 5.75 Å². The van der Waals surface area contributed by atoms with Crippen LogP contribution < -0.4 is 10.1 Å². The van der Waals surface area contributed by atoms with Gasteiger partial charge in [-0.15, -0.1) is 11.3 Å². The fourth-order valence-electron chi connectivity index (χ4n) is 2.19. The second kappa shape index (κ2) is 8.62. The van der Waals surface area contributed by atoms with Gasteiger partial charge >= 0.3 is 0 Å². The van der Waals surface area contributed by atoms with Gasteiger partial charge in [-0.25, -0.2) is 4.98 Å². The number of methoxy groups -OCH3 is 1. The number of carbonyl (C=O) groups is 1. The molecule has 0 unspecified atom stereocenters. The molecule has 1 amide bonds. The van der Waals surface area contributed by atoms with Crippen molar-refractivity contribution >= 4 is 60.3 Å². The van der Waals surface area contributed by atoms with Gasteiger partial charge < -0.3 is 4.74 Å². The molecule has 0 aliphatic carbocycles. The van der Waals surface area contributed by atoms with Crippen molar-refractivity contribution in [3.8, 4) is 17.0 Å². The summed E-state index contributed by atoms with van der Waals surface area (Å²) < 4.78 is 7.04. The van der Waals surface area contributed by atoms with Crippen LogP contribution in [0.4, 0.5) is 5.13 Å². The van der Waals surface area contributed by atoms with Gasteiger partial charge in [-0.1, -0.05) is 34.1 Å². The third kappa shape index (κ3) is 4.81. The summed E-state index contributed by atoms with van der Waals surface area (Å²) in [5.74, 6) is 0.517. The van der Waals surface area contributed by atoms with Crippen molar-refractivity contribution in [3.63, 3.8) is 0 Å². The molecule has 1 heterocycles. The largest absolute Gasteiger partial charge is 0.496 e. The van der Waals surface area contributed by atoms with Crippen LogP contribution in [0, 0.1) is 0 Å².